The zero-order valence-electron chi connectivity index (χ0n) is 15.4. The maximum atomic E-state index is 12.4. The van der Waals surface area contributed by atoms with Crippen LogP contribution in [0.25, 0.3) is 0 Å². The molecule has 10 heteroatoms. The molecule has 29 heavy (non-hydrogen) atoms. The number of hydrogen-bond acceptors (Lipinski definition) is 7. The first kappa shape index (κ1) is 20.9. The minimum absolute atomic E-state index is 0.0429. The van der Waals surface area contributed by atoms with E-state index in [1.165, 1.54) is 25.1 Å². The van der Waals surface area contributed by atoms with Crippen LogP contribution in [-0.4, -0.2) is 28.9 Å². The van der Waals surface area contributed by atoms with Gasteiger partial charge < -0.3 is 10.1 Å². The highest BCUT2D eigenvalue weighted by molar-refractivity contribution is 9.10. The van der Waals surface area contributed by atoms with Gasteiger partial charge in [-0.2, -0.15) is 0 Å². The standard InChI is InChI=1S/C19H19BrN4O5/c1-11(18(25)21-14-4-2-3-5-17(14)24(27)28)29-19(26)16-10-15(22-23-16)12-6-8-13(20)9-7-12/h2-9,11,15-16,22-23H,10H2,1H3,(H,21,25). The van der Waals surface area contributed by atoms with Crippen molar-refractivity contribution in [3.8, 4) is 0 Å². The zero-order valence-corrected chi connectivity index (χ0v) is 17.0. The van der Waals surface area contributed by atoms with E-state index in [1.54, 1.807) is 6.07 Å². The molecule has 3 unspecified atom stereocenters. The second-order valence-electron chi connectivity index (χ2n) is 6.52. The summed E-state index contributed by atoms with van der Waals surface area (Å²) >= 11 is 3.38. The Balaban J connectivity index is 1.56. The van der Waals surface area contributed by atoms with Crippen LogP contribution in [0.3, 0.4) is 0 Å². The molecule has 3 N–H and O–H groups in total. The van der Waals surface area contributed by atoms with Gasteiger partial charge in [-0.1, -0.05) is 40.2 Å². The fraction of sp³-hybridized carbons (Fsp3) is 0.263. The number of hydrazine groups is 1. The summed E-state index contributed by atoms with van der Waals surface area (Å²) < 4.78 is 6.20. The summed E-state index contributed by atoms with van der Waals surface area (Å²) in [6.45, 7) is 1.41. The summed E-state index contributed by atoms with van der Waals surface area (Å²) in [5.41, 5.74) is 6.74. The number of nitrogens with zero attached hydrogens (tertiary/aromatic N) is 1. The third-order valence-electron chi connectivity index (χ3n) is 4.48. The van der Waals surface area contributed by atoms with E-state index in [1.807, 2.05) is 24.3 Å². The molecule has 3 atom stereocenters. The van der Waals surface area contributed by atoms with E-state index < -0.39 is 28.9 Å². The molecule has 3 rings (SSSR count). The first-order valence-electron chi connectivity index (χ1n) is 8.86. The number of amides is 1. The largest absolute Gasteiger partial charge is 0.451 e. The molecule has 1 saturated heterocycles. The molecule has 0 radical (unpaired) electrons. The highest BCUT2D eigenvalue weighted by atomic mass is 79.9. The number of esters is 1. The molecule has 0 bridgehead atoms. The molecule has 152 valence electrons. The predicted molar refractivity (Wildman–Crippen MR) is 109 cm³/mol. The second kappa shape index (κ2) is 9.12. The minimum Gasteiger partial charge on any atom is -0.451 e. The van der Waals surface area contributed by atoms with Gasteiger partial charge in [-0.05, 0) is 37.1 Å². The summed E-state index contributed by atoms with van der Waals surface area (Å²) in [4.78, 5) is 35.1. The van der Waals surface area contributed by atoms with Crippen LogP contribution in [0, 0.1) is 10.1 Å². The Hall–Kier alpha value is -2.82. The van der Waals surface area contributed by atoms with E-state index >= 15 is 0 Å². The van der Waals surface area contributed by atoms with Crippen LogP contribution in [0.5, 0.6) is 0 Å². The van der Waals surface area contributed by atoms with E-state index in [0.29, 0.717) is 6.42 Å². The van der Waals surface area contributed by atoms with Crippen LogP contribution >= 0.6 is 15.9 Å². The van der Waals surface area contributed by atoms with Crippen molar-refractivity contribution in [2.24, 2.45) is 0 Å². The first-order valence-corrected chi connectivity index (χ1v) is 9.65. The average Bonchev–Trinajstić information content (AvgIpc) is 3.19. The Bertz CT molecular complexity index is 921. The number of para-hydroxylation sites is 2. The molecular weight excluding hydrogens is 444 g/mol. The average molecular weight is 463 g/mol. The summed E-state index contributed by atoms with van der Waals surface area (Å²) in [6, 6.07) is 12.8. The minimum atomic E-state index is -1.11. The molecule has 2 aromatic carbocycles. The van der Waals surface area contributed by atoms with Crippen LogP contribution in [0.2, 0.25) is 0 Å². The quantitative estimate of drug-likeness (QED) is 0.342. The van der Waals surface area contributed by atoms with Gasteiger partial charge in [0.05, 0.1) is 4.92 Å². The number of halogens is 1. The van der Waals surface area contributed by atoms with Gasteiger partial charge in [0.25, 0.3) is 11.6 Å². The molecule has 0 saturated carbocycles. The summed E-state index contributed by atoms with van der Waals surface area (Å²) in [7, 11) is 0. The van der Waals surface area contributed by atoms with Crippen LogP contribution < -0.4 is 16.2 Å². The highest BCUT2D eigenvalue weighted by Crippen LogP contribution is 2.25. The number of nitro benzene ring substituents is 1. The SMILES string of the molecule is CC(OC(=O)C1CC(c2ccc(Br)cc2)NN1)C(=O)Nc1ccccc1[N+](=O)[O-]. The number of benzene rings is 2. The van der Waals surface area contributed by atoms with Crippen molar-refractivity contribution in [1.82, 2.24) is 10.9 Å². The van der Waals surface area contributed by atoms with E-state index in [0.717, 1.165) is 10.0 Å². The number of ether oxygens (including phenoxy) is 1. The molecule has 1 amide bonds. The Morgan fingerprint density at radius 3 is 2.59 bits per heavy atom. The van der Waals surface area contributed by atoms with Crippen molar-refractivity contribution >= 4 is 39.2 Å². The van der Waals surface area contributed by atoms with E-state index in [-0.39, 0.29) is 17.4 Å². The van der Waals surface area contributed by atoms with Crippen molar-refractivity contribution in [2.45, 2.75) is 31.5 Å². The Kier molecular flexibility index (Phi) is 6.57. The highest BCUT2D eigenvalue weighted by Gasteiger charge is 2.33. The van der Waals surface area contributed by atoms with Crippen LogP contribution in [-0.2, 0) is 14.3 Å². The maximum absolute atomic E-state index is 12.4. The third kappa shape index (κ3) is 5.17. The lowest BCUT2D eigenvalue weighted by Gasteiger charge is -2.16. The second-order valence-corrected chi connectivity index (χ2v) is 7.44. The lowest BCUT2D eigenvalue weighted by Crippen LogP contribution is -2.40. The van der Waals surface area contributed by atoms with Gasteiger partial charge in [-0.15, -0.1) is 0 Å². The number of nitrogens with one attached hydrogen (secondary N) is 3. The van der Waals surface area contributed by atoms with Crippen molar-refractivity contribution in [3.05, 3.63) is 68.7 Å². The maximum Gasteiger partial charge on any atom is 0.325 e. The Morgan fingerprint density at radius 2 is 1.90 bits per heavy atom. The molecule has 0 aliphatic carbocycles. The van der Waals surface area contributed by atoms with Gasteiger partial charge in [0.15, 0.2) is 6.10 Å². The summed E-state index contributed by atoms with van der Waals surface area (Å²) in [5.74, 6) is -1.23. The topological polar surface area (TPSA) is 123 Å². The molecule has 1 heterocycles. The van der Waals surface area contributed by atoms with Crippen LogP contribution in [0.15, 0.2) is 53.0 Å². The zero-order chi connectivity index (χ0) is 21.0. The lowest BCUT2D eigenvalue weighted by atomic mass is 10.0. The molecule has 2 aromatic rings. The van der Waals surface area contributed by atoms with Gasteiger partial charge in [0.1, 0.15) is 11.7 Å². The summed E-state index contributed by atoms with van der Waals surface area (Å²) in [6.07, 6.45) is -0.658. The van der Waals surface area contributed by atoms with E-state index in [9.17, 15) is 19.7 Å². The van der Waals surface area contributed by atoms with Crippen molar-refractivity contribution in [2.75, 3.05) is 5.32 Å². The van der Waals surface area contributed by atoms with Crippen molar-refractivity contribution in [3.63, 3.8) is 0 Å². The Labute approximate surface area is 175 Å². The van der Waals surface area contributed by atoms with Gasteiger partial charge in [0, 0.05) is 16.6 Å². The first-order chi connectivity index (χ1) is 13.8. The van der Waals surface area contributed by atoms with E-state index in [2.05, 4.69) is 32.1 Å². The van der Waals surface area contributed by atoms with Gasteiger partial charge in [-0.25, -0.2) is 10.9 Å². The molecule has 1 fully saturated rings. The molecule has 0 aromatic heterocycles. The number of rotatable bonds is 6. The molecular formula is C19H19BrN4O5. The molecule has 0 spiro atoms. The normalized spacial score (nSPS) is 19.4. The number of carbonyl (C=O) groups is 2. The fourth-order valence-corrected chi connectivity index (χ4v) is 3.17. The smallest absolute Gasteiger partial charge is 0.325 e. The van der Waals surface area contributed by atoms with Gasteiger partial charge >= 0.3 is 5.97 Å². The lowest BCUT2D eigenvalue weighted by molar-refractivity contribution is -0.383. The third-order valence-corrected chi connectivity index (χ3v) is 5.01. The summed E-state index contributed by atoms with van der Waals surface area (Å²) in [5, 5.41) is 13.5. The van der Waals surface area contributed by atoms with Gasteiger partial charge in [-0.3, -0.25) is 19.7 Å². The predicted octanol–water partition coefficient (Wildman–Crippen LogP) is 2.84. The monoisotopic (exact) mass is 462 g/mol. The Morgan fingerprint density at radius 1 is 1.21 bits per heavy atom. The number of carbonyl (C=O) groups excluding carboxylic acids is 2. The van der Waals surface area contributed by atoms with E-state index in [4.69, 9.17) is 4.74 Å². The molecule has 1 aliphatic rings. The molecule has 1 aliphatic heterocycles. The van der Waals surface area contributed by atoms with Crippen molar-refractivity contribution in [1.29, 1.82) is 0 Å². The number of hydrogen-bond donors (Lipinski definition) is 3. The van der Waals surface area contributed by atoms with Crippen LogP contribution in [0.4, 0.5) is 11.4 Å². The molecule has 9 nitrogen and oxygen atoms in total. The van der Waals surface area contributed by atoms with Gasteiger partial charge in [0.2, 0.25) is 0 Å². The fourth-order valence-electron chi connectivity index (χ4n) is 2.91. The van der Waals surface area contributed by atoms with Crippen LogP contribution in [0.1, 0.15) is 24.9 Å². The number of anilines is 1. The number of nitro groups is 1. The van der Waals surface area contributed by atoms with Crippen molar-refractivity contribution < 1.29 is 19.2 Å².